The van der Waals surface area contributed by atoms with Crippen LogP contribution in [0.15, 0.2) is 41.2 Å². The van der Waals surface area contributed by atoms with Gasteiger partial charge in [-0.3, -0.25) is 9.36 Å². The van der Waals surface area contributed by atoms with Crippen molar-refractivity contribution in [1.29, 1.82) is 0 Å². The van der Waals surface area contributed by atoms with Crippen molar-refractivity contribution in [3.63, 3.8) is 0 Å². The molecule has 2 aliphatic heterocycles. The van der Waals surface area contributed by atoms with Crippen molar-refractivity contribution in [2.24, 2.45) is 5.73 Å². The molecule has 32 heavy (non-hydrogen) atoms. The van der Waals surface area contributed by atoms with Crippen molar-refractivity contribution in [3.05, 3.63) is 68.7 Å². The number of rotatable bonds is 5. The molecule has 0 radical (unpaired) electrons. The molecule has 3 heterocycles. The molecule has 1 aromatic heterocycles. The summed E-state index contributed by atoms with van der Waals surface area (Å²) >= 11 is 6.41. The van der Waals surface area contributed by atoms with Gasteiger partial charge in [0.25, 0.3) is 5.56 Å². The van der Waals surface area contributed by atoms with E-state index in [4.69, 9.17) is 17.3 Å². The predicted molar refractivity (Wildman–Crippen MR) is 131 cm³/mol. The number of piperidine rings is 1. The minimum absolute atomic E-state index is 0.250. The number of hydrogen-bond donors (Lipinski definition) is 1. The molecule has 0 aliphatic carbocycles. The number of nitrogens with two attached hydrogens (primary N) is 1. The van der Waals surface area contributed by atoms with E-state index in [1.165, 1.54) is 30.4 Å². The van der Waals surface area contributed by atoms with E-state index in [-0.39, 0.29) is 11.0 Å². The van der Waals surface area contributed by atoms with Gasteiger partial charge in [0.1, 0.15) is 5.82 Å². The van der Waals surface area contributed by atoms with E-state index < -0.39 is 0 Å². The second kappa shape index (κ2) is 8.29. The highest BCUT2D eigenvalue weighted by Gasteiger charge is 2.39. The lowest BCUT2D eigenvalue weighted by Gasteiger charge is -2.32. The average Bonchev–Trinajstić information content (AvgIpc) is 3.01. The summed E-state index contributed by atoms with van der Waals surface area (Å²) in [5.74, 6) is 1.35. The quantitative estimate of drug-likeness (QED) is 0.577. The molecule has 3 aromatic rings. The lowest BCUT2D eigenvalue weighted by Crippen LogP contribution is -2.33. The van der Waals surface area contributed by atoms with E-state index in [0.29, 0.717) is 16.3 Å². The summed E-state index contributed by atoms with van der Waals surface area (Å²) in [5.41, 5.74) is 9.61. The number of aromatic nitrogens is 2. The summed E-state index contributed by atoms with van der Waals surface area (Å²) in [4.78, 5) is 19.9. The summed E-state index contributed by atoms with van der Waals surface area (Å²) in [6, 6.07) is 12.5. The van der Waals surface area contributed by atoms with Gasteiger partial charge >= 0.3 is 0 Å². The van der Waals surface area contributed by atoms with E-state index >= 15 is 0 Å². The van der Waals surface area contributed by atoms with Gasteiger partial charge in [-0.25, -0.2) is 0 Å². The van der Waals surface area contributed by atoms with Crippen LogP contribution in [0, 0.1) is 0 Å². The number of hydrogen-bond acceptors (Lipinski definition) is 4. The first-order valence-electron chi connectivity index (χ1n) is 11.7. The van der Waals surface area contributed by atoms with E-state index in [2.05, 4.69) is 46.5 Å². The lowest BCUT2D eigenvalue weighted by atomic mass is 9.83. The number of halogens is 1. The molecule has 168 valence electrons. The number of likely N-dealkylation sites (tertiary alicyclic amines) is 1. The van der Waals surface area contributed by atoms with Crippen LogP contribution < -0.4 is 11.3 Å². The summed E-state index contributed by atoms with van der Waals surface area (Å²) < 4.78 is 2.16. The summed E-state index contributed by atoms with van der Waals surface area (Å²) in [5, 5.41) is 0.956. The van der Waals surface area contributed by atoms with Gasteiger partial charge in [-0.2, -0.15) is 4.98 Å². The third-order valence-electron chi connectivity index (χ3n) is 7.35. The lowest BCUT2D eigenvalue weighted by molar-refractivity contribution is 0.209. The van der Waals surface area contributed by atoms with Crippen LogP contribution in [0.2, 0.25) is 5.02 Å². The third kappa shape index (κ3) is 3.47. The molecule has 6 heteroatoms. The fourth-order valence-corrected chi connectivity index (χ4v) is 5.75. The maximum Gasteiger partial charge on any atom is 0.282 e. The second-order valence-corrected chi connectivity index (χ2v) is 10.1. The van der Waals surface area contributed by atoms with Crippen LogP contribution in [0.4, 0.5) is 0 Å². The van der Waals surface area contributed by atoms with Gasteiger partial charge in [-0.1, -0.05) is 29.8 Å². The maximum absolute atomic E-state index is 12.8. The van der Waals surface area contributed by atoms with Gasteiger partial charge in [-0.15, -0.1) is 0 Å². The third-order valence-corrected chi connectivity index (χ3v) is 7.66. The summed E-state index contributed by atoms with van der Waals surface area (Å²) in [6.45, 7) is 8.51. The van der Waals surface area contributed by atoms with Gasteiger partial charge in [0.15, 0.2) is 0 Å². The van der Waals surface area contributed by atoms with Gasteiger partial charge in [0.2, 0.25) is 0 Å². The Balaban J connectivity index is 1.52. The molecule has 0 amide bonds. The fourth-order valence-electron chi connectivity index (χ4n) is 5.50. The first-order chi connectivity index (χ1) is 15.4. The molecule has 0 unspecified atom stereocenters. The fraction of sp³-hybridized carbons (Fsp3) is 0.462. The Morgan fingerprint density at radius 1 is 1.16 bits per heavy atom. The topological polar surface area (TPSA) is 64.2 Å². The number of fused-ring (bicyclic) bond motifs is 5. The Labute approximate surface area is 194 Å². The van der Waals surface area contributed by atoms with Crippen molar-refractivity contribution in [1.82, 2.24) is 14.5 Å². The Kier molecular flexibility index (Phi) is 5.60. The molecule has 2 N–H and O–H groups in total. The maximum atomic E-state index is 12.8. The van der Waals surface area contributed by atoms with E-state index in [1.807, 2.05) is 12.1 Å². The zero-order chi connectivity index (χ0) is 22.5. The van der Waals surface area contributed by atoms with Crippen LogP contribution in [0.5, 0.6) is 0 Å². The number of unbranched alkanes of at least 4 members (excludes halogenated alkanes) is 1. The Morgan fingerprint density at radius 3 is 2.69 bits per heavy atom. The second-order valence-electron chi connectivity index (χ2n) is 9.72. The largest absolute Gasteiger partial charge is 0.330 e. The molecular weight excluding hydrogens is 420 g/mol. The van der Waals surface area contributed by atoms with Crippen LogP contribution in [-0.4, -0.2) is 40.6 Å². The monoisotopic (exact) mass is 450 g/mol. The Hall–Kier alpha value is -2.21. The molecule has 5 rings (SSSR count). The minimum Gasteiger partial charge on any atom is -0.330 e. The van der Waals surface area contributed by atoms with Gasteiger partial charge in [0, 0.05) is 0 Å². The highest BCUT2D eigenvalue weighted by Crippen LogP contribution is 2.44. The van der Waals surface area contributed by atoms with E-state index in [0.717, 1.165) is 49.6 Å². The molecule has 0 bridgehead atoms. The normalized spacial score (nSPS) is 18.1. The van der Waals surface area contributed by atoms with Crippen molar-refractivity contribution < 1.29 is 0 Å². The number of nitrogens with zero attached hydrogens (tertiary/aromatic N) is 3. The molecule has 0 spiro atoms. The predicted octanol–water partition coefficient (Wildman–Crippen LogP) is 4.60. The molecule has 2 aliphatic rings. The summed E-state index contributed by atoms with van der Waals surface area (Å²) in [7, 11) is 0. The zero-order valence-corrected chi connectivity index (χ0v) is 19.7. The minimum atomic E-state index is -0.337. The first-order valence-corrected chi connectivity index (χ1v) is 12.1. The van der Waals surface area contributed by atoms with Crippen LogP contribution in [-0.2, 0) is 5.41 Å². The first kappa shape index (κ1) is 21.6. The highest BCUT2D eigenvalue weighted by atomic mass is 35.5. The van der Waals surface area contributed by atoms with Crippen molar-refractivity contribution in [2.45, 2.75) is 50.9 Å². The van der Waals surface area contributed by atoms with Crippen LogP contribution >= 0.6 is 11.6 Å². The van der Waals surface area contributed by atoms with E-state index in [1.54, 1.807) is 6.07 Å². The van der Waals surface area contributed by atoms with Crippen molar-refractivity contribution in [3.8, 4) is 5.69 Å². The Morgan fingerprint density at radius 2 is 1.94 bits per heavy atom. The average molecular weight is 451 g/mol. The molecule has 0 atom stereocenters. The van der Waals surface area contributed by atoms with Gasteiger partial charge in [-0.05, 0) is 101 Å². The van der Waals surface area contributed by atoms with Crippen LogP contribution in [0.1, 0.15) is 62.4 Å². The van der Waals surface area contributed by atoms with Crippen LogP contribution in [0.3, 0.4) is 0 Å². The van der Waals surface area contributed by atoms with Gasteiger partial charge < -0.3 is 10.6 Å². The molecule has 1 fully saturated rings. The van der Waals surface area contributed by atoms with Crippen LogP contribution in [0.25, 0.3) is 16.6 Å². The van der Waals surface area contributed by atoms with Crippen molar-refractivity contribution >= 4 is 22.5 Å². The Bertz CT molecular complexity index is 1220. The summed E-state index contributed by atoms with van der Waals surface area (Å²) in [6.07, 6.45) is 4.64. The molecular formula is C26H31ClN4O. The van der Waals surface area contributed by atoms with Crippen molar-refractivity contribution in [2.75, 3.05) is 26.2 Å². The molecule has 5 nitrogen and oxygen atoms in total. The number of benzene rings is 2. The van der Waals surface area contributed by atoms with E-state index in [9.17, 15) is 4.79 Å². The SMILES string of the molecule is CC1(C)c2ccc(C3CCN(CCCCN)CC3)cc2-n2c1nc(=O)c1c(Cl)cccc12. The van der Waals surface area contributed by atoms with Gasteiger partial charge in [0.05, 0.1) is 27.0 Å². The molecule has 1 saturated heterocycles. The standard InChI is InChI=1S/C26H31ClN4O/c1-26(2)19-9-8-18(17-10-14-30(15-11-17)13-4-3-12-28)16-22(19)31-21-7-5-6-20(27)23(21)24(32)29-25(26)31/h5-9,16-17H,3-4,10-15,28H2,1-2H3. The zero-order valence-electron chi connectivity index (χ0n) is 18.9. The smallest absolute Gasteiger partial charge is 0.282 e. The molecule has 2 aromatic carbocycles. The highest BCUT2D eigenvalue weighted by molar-refractivity contribution is 6.35. The molecule has 0 saturated carbocycles.